The van der Waals surface area contributed by atoms with E-state index in [0.717, 1.165) is 25.9 Å². The summed E-state index contributed by atoms with van der Waals surface area (Å²) in [4.78, 5) is 0. The van der Waals surface area contributed by atoms with Gasteiger partial charge in [-0.05, 0) is 0 Å². The molecular formula is C20H14Cl2F3NO3SSe. The average Bonchev–Trinajstić information content (AvgIpc) is 2.68. The van der Waals surface area contributed by atoms with Gasteiger partial charge in [-0.1, -0.05) is 0 Å². The van der Waals surface area contributed by atoms with Gasteiger partial charge < -0.3 is 4.55 Å². The molecule has 31 heavy (non-hydrogen) atoms. The molecule has 4 nitrogen and oxygen atoms in total. The van der Waals surface area contributed by atoms with Gasteiger partial charge in [0, 0.05) is 0 Å². The molecule has 0 spiro atoms. The second-order valence-corrected chi connectivity index (χ2v) is 12.7. The van der Waals surface area contributed by atoms with Crippen molar-refractivity contribution in [3.8, 4) is 6.07 Å². The van der Waals surface area contributed by atoms with Crippen LogP contribution in [0.2, 0.25) is 21.2 Å². The van der Waals surface area contributed by atoms with Crippen LogP contribution in [0.5, 0.6) is 0 Å². The first kappa shape index (κ1) is 25.5. The fourth-order valence-corrected chi connectivity index (χ4v) is 5.74. The SMILES string of the molecule is C[Se+]1CC(c2ccc(Cl)cc2)=C(c2ccc(Cl)cc2)C=C1C#N.O=S(=O)([O-])C(F)(F)F. The Balaban J connectivity index is 0.000000366. The van der Waals surface area contributed by atoms with Crippen molar-refractivity contribution in [2.24, 2.45) is 0 Å². The van der Waals surface area contributed by atoms with Crippen molar-refractivity contribution >= 4 is 58.4 Å². The normalized spacial score (nSPS) is 16.7. The Bertz CT molecular complexity index is 1150. The molecule has 2 aromatic rings. The van der Waals surface area contributed by atoms with Crippen LogP contribution in [0.1, 0.15) is 11.1 Å². The molecule has 1 aliphatic rings. The van der Waals surface area contributed by atoms with Crippen molar-refractivity contribution in [2.75, 3.05) is 0 Å². The predicted octanol–water partition coefficient (Wildman–Crippen LogP) is 6.08. The molecule has 2 aromatic carbocycles. The van der Waals surface area contributed by atoms with E-state index in [1.165, 1.54) is 11.1 Å². The van der Waals surface area contributed by atoms with Crippen molar-refractivity contribution in [3.63, 3.8) is 0 Å². The van der Waals surface area contributed by atoms with Gasteiger partial charge in [0.05, 0.1) is 0 Å². The molecule has 0 aromatic heterocycles. The van der Waals surface area contributed by atoms with Crippen molar-refractivity contribution in [1.82, 2.24) is 0 Å². The molecule has 164 valence electrons. The summed E-state index contributed by atoms with van der Waals surface area (Å²) in [5.74, 6) is 2.21. The number of nitrogens with zero attached hydrogens (tertiary/aromatic N) is 1. The minimum Gasteiger partial charge on any atom is -0.741 e. The zero-order chi connectivity index (χ0) is 23.4. The molecule has 1 atom stereocenters. The summed E-state index contributed by atoms with van der Waals surface area (Å²) in [6, 6.07) is 18.1. The second-order valence-electron chi connectivity index (χ2n) is 6.21. The monoisotopic (exact) mass is 555 g/mol. The summed E-state index contributed by atoms with van der Waals surface area (Å²) in [5.41, 5.74) is -0.987. The molecule has 0 saturated carbocycles. The van der Waals surface area contributed by atoms with Gasteiger partial charge in [0.15, 0.2) is 10.1 Å². The summed E-state index contributed by atoms with van der Waals surface area (Å²) >= 11 is 10.9. The zero-order valence-electron chi connectivity index (χ0n) is 15.8. The molecule has 0 bridgehead atoms. The molecular weight excluding hydrogens is 541 g/mol. The van der Waals surface area contributed by atoms with E-state index in [1.54, 1.807) is 0 Å². The summed E-state index contributed by atoms with van der Waals surface area (Å²) in [6.07, 6.45) is 2.06. The van der Waals surface area contributed by atoms with E-state index in [-0.39, 0.29) is 0 Å². The smallest absolute Gasteiger partial charge is 0.485 e. The number of benzene rings is 2. The summed E-state index contributed by atoms with van der Waals surface area (Å²) < 4.78 is 59.8. The second kappa shape index (κ2) is 10.2. The van der Waals surface area contributed by atoms with Gasteiger partial charge in [0.25, 0.3) is 0 Å². The molecule has 0 amide bonds. The van der Waals surface area contributed by atoms with Crippen LogP contribution in [-0.4, -0.2) is 32.4 Å². The van der Waals surface area contributed by atoms with Crippen LogP contribution in [0.15, 0.2) is 59.1 Å². The van der Waals surface area contributed by atoms with Gasteiger partial charge in [-0.15, -0.1) is 0 Å². The van der Waals surface area contributed by atoms with Gasteiger partial charge in [-0.3, -0.25) is 0 Å². The molecule has 0 aliphatic carbocycles. The van der Waals surface area contributed by atoms with E-state index in [9.17, 15) is 18.4 Å². The van der Waals surface area contributed by atoms with E-state index in [1.807, 2.05) is 36.4 Å². The molecule has 3 rings (SSSR count). The van der Waals surface area contributed by atoms with Crippen LogP contribution < -0.4 is 0 Å². The first-order valence-corrected chi connectivity index (χ1v) is 14.3. The number of hydrogen-bond donors (Lipinski definition) is 0. The number of nitriles is 1. The summed E-state index contributed by atoms with van der Waals surface area (Å²) in [6.45, 7) is 0. The standard InChI is InChI=1S/C19H14Cl2NSe.CHF3O3S/c1-23-12-19(14-4-8-16(21)9-5-14)18(10-17(23)11-22)13-2-6-15(20)7-3-13;2-1(3,4)8(5,6)7/h2-10H,12H2,1H3;(H,5,6,7)/q+1;/p-1. The van der Waals surface area contributed by atoms with Gasteiger partial charge in [0.1, 0.15) is 0 Å². The van der Waals surface area contributed by atoms with Crippen molar-refractivity contribution in [1.29, 1.82) is 5.26 Å². The molecule has 11 heteroatoms. The van der Waals surface area contributed by atoms with Gasteiger partial charge in [-0.2, -0.15) is 13.2 Å². The van der Waals surface area contributed by atoms with Gasteiger partial charge >= 0.3 is 156 Å². The summed E-state index contributed by atoms with van der Waals surface area (Å²) in [5, 5.41) is 11.8. The Morgan fingerprint density at radius 1 is 1.00 bits per heavy atom. The number of halogens is 5. The number of allylic oxidation sites excluding steroid dienone is 4. The maximum atomic E-state index is 10.7. The Labute approximate surface area is 192 Å². The fraction of sp³-hybridized carbons (Fsp3) is 0.150. The number of hydrogen-bond acceptors (Lipinski definition) is 4. The third-order valence-corrected chi connectivity index (χ3v) is 8.68. The van der Waals surface area contributed by atoms with E-state index in [4.69, 9.17) is 36.2 Å². The first-order valence-electron chi connectivity index (χ1n) is 8.35. The Hall–Kier alpha value is -1.79. The summed E-state index contributed by atoms with van der Waals surface area (Å²) in [7, 11) is -6.09. The van der Waals surface area contributed by atoms with E-state index >= 15 is 0 Å². The van der Waals surface area contributed by atoms with Crippen molar-refractivity contribution in [2.45, 2.75) is 16.6 Å². The van der Waals surface area contributed by atoms with Crippen LogP contribution in [0.25, 0.3) is 11.1 Å². The third-order valence-electron chi connectivity index (χ3n) is 4.08. The molecule has 0 N–H and O–H groups in total. The van der Waals surface area contributed by atoms with Crippen molar-refractivity contribution in [3.05, 3.63) is 80.3 Å². The molecule has 0 fully saturated rings. The molecule has 0 saturated heterocycles. The van der Waals surface area contributed by atoms with Crippen LogP contribution in [0.3, 0.4) is 0 Å². The van der Waals surface area contributed by atoms with Crippen molar-refractivity contribution < 1.29 is 26.1 Å². The van der Waals surface area contributed by atoms with Gasteiger partial charge in [0.2, 0.25) is 0 Å². The third kappa shape index (κ3) is 6.84. The topological polar surface area (TPSA) is 81.0 Å². The predicted molar refractivity (Wildman–Crippen MR) is 116 cm³/mol. The first-order chi connectivity index (χ1) is 14.3. The minimum atomic E-state index is -6.09. The number of rotatable bonds is 2. The van der Waals surface area contributed by atoms with Crippen LogP contribution in [0, 0.1) is 11.3 Å². The van der Waals surface area contributed by atoms with Crippen LogP contribution >= 0.6 is 23.2 Å². The largest absolute Gasteiger partial charge is 0.741 e. The Morgan fingerprint density at radius 2 is 1.42 bits per heavy atom. The number of alkyl halides is 3. The molecule has 1 aliphatic heterocycles. The van der Waals surface area contributed by atoms with Crippen LogP contribution in [0.4, 0.5) is 13.2 Å². The van der Waals surface area contributed by atoms with Crippen LogP contribution in [-0.2, 0) is 10.1 Å². The average molecular weight is 555 g/mol. The maximum Gasteiger partial charge on any atom is 0.485 e. The maximum absolute atomic E-state index is 10.7. The van der Waals surface area contributed by atoms with E-state index < -0.39 is 29.5 Å². The zero-order valence-corrected chi connectivity index (χ0v) is 19.8. The van der Waals surface area contributed by atoms with E-state index in [2.05, 4.69) is 30.1 Å². The fourth-order valence-electron chi connectivity index (χ4n) is 2.58. The molecule has 1 heterocycles. The Morgan fingerprint density at radius 3 is 1.81 bits per heavy atom. The van der Waals surface area contributed by atoms with E-state index in [0.29, 0.717) is 5.02 Å². The molecule has 0 radical (unpaired) electrons. The molecule has 1 unspecified atom stereocenters. The van der Waals surface area contributed by atoms with Gasteiger partial charge in [-0.25, -0.2) is 8.42 Å². The quantitative estimate of drug-likeness (QED) is 0.256. The minimum absolute atomic E-state index is 0.712. The Kier molecular flexibility index (Phi) is 8.40.